The zero-order chi connectivity index (χ0) is 18.5. The summed E-state index contributed by atoms with van der Waals surface area (Å²) >= 11 is 1.48. The molecule has 1 aromatic carbocycles. The molecule has 28 heavy (non-hydrogen) atoms. The van der Waals surface area contributed by atoms with Crippen LogP contribution >= 0.6 is 36.2 Å². The van der Waals surface area contributed by atoms with Crippen molar-refractivity contribution in [3.05, 3.63) is 47.0 Å². The van der Waals surface area contributed by atoms with Crippen LogP contribution in [-0.2, 0) is 11.3 Å². The fourth-order valence-electron chi connectivity index (χ4n) is 3.44. The molecule has 0 saturated carbocycles. The number of thiazole rings is 1. The lowest BCUT2D eigenvalue weighted by atomic mass is 9.95. The van der Waals surface area contributed by atoms with Crippen molar-refractivity contribution < 1.29 is 4.79 Å². The minimum absolute atomic E-state index is 0. The van der Waals surface area contributed by atoms with Gasteiger partial charge in [-0.05, 0) is 30.9 Å². The van der Waals surface area contributed by atoms with E-state index in [-0.39, 0.29) is 42.7 Å². The summed E-state index contributed by atoms with van der Waals surface area (Å²) in [6.45, 7) is 7.28. The van der Waals surface area contributed by atoms with E-state index in [1.165, 1.54) is 24.2 Å². The van der Waals surface area contributed by atoms with Crippen LogP contribution in [0.3, 0.4) is 0 Å². The maximum Gasteiger partial charge on any atom is 0.230 e. The van der Waals surface area contributed by atoms with Crippen molar-refractivity contribution in [3.8, 4) is 0 Å². The lowest BCUT2D eigenvalue weighted by molar-refractivity contribution is -0.120. The number of carbonyl (C=O) groups is 1. The van der Waals surface area contributed by atoms with E-state index in [0.717, 1.165) is 36.8 Å². The molecule has 1 saturated heterocycles. The van der Waals surface area contributed by atoms with Gasteiger partial charge in [0.2, 0.25) is 5.91 Å². The van der Waals surface area contributed by atoms with Crippen LogP contribution in [0.1, 0.15) is 44.0 Å². The molecule has 3 unspecified atom stereocenters. The normalized spacial score (nSPS) is 19.0. The number of amides is 1. The first kappa shape index (κ1) is 24.9. The molecule has 2 heterocycles. The van der Waals surface area contributed by atoms with E-state index in [4.69, 9.17) is 5.73 Å². The maximum absolute atomic E-state index is 12.5. The molecule has 0 bridgehead atoms. The van der Waals surface area contributed by atoms with Gasteiger partial charge in [-0.25, -0.2) is 4.98 Å². The van der Waals surface area contributed by atoms with E-state index in [0.29, 0.717) is 5.13 Å². The molecular weight excluding hydrogens is 415 g/mol. The predicted octanol–water partition coefficient (Wildman–Crippen LogP) is 4.49. The summed E-state index contributed by atoms with van der Waals surface area (Å²) in [5.41, 5.74) is 8.24. The smallest absolute Gasteiger partial charge is 0.230 e. The van der Waals surface area contributed by atoms with E-state index in [1.54, 1.807) is 0 Å². The SMILES string of the molecule is CC1CCCN(Cc2csc(NC(=O)C(C)C(N)c3ccccc3)n2)C1.Cl.Cl. The second-order valence-corrected chi connectivity index (χ2v) is 8.20. The molecule has 5 nitrogen and oxygen atoms in total. The van der Waals surface area contributed by atoms with E-state index in [9.17, 15) is 4.79 Å². The zero-order valence-corrected chi connectivity index (χ0v) is 18.8. The summed E-state index contributed by atoms with van der Waals surface area (Å²) in [6.07, 6.45) is 2.57. The molecule has 3 N–H and O–H groups in total. The number of hydrogen-bond donors (Lipinski definition) is 2. The van der Waals surface area contributed by atoms with Crippen molar-refractivity contribution in [1.29, 1.82) is 0 Å². The largest absolute Gasteiger partial charge is 0.323 e. The second kappa shape index (κ2) is 11.7. The first-order valence-electron chi connectivity index (χ1n) is 9.31. The molecule has 0 aliphatic carbocycles. The quantitative estimate of drug-likeness (QED) is 0.687. The van der Waals surface area contributed by atoms with E-state index in [1.807, 2.05) is 42.6 Å². The zero-order valence-electron chi connectivity index (χ0n) is 16.3. The van der Waals surface area contributed by atoms with Crippen molar-refractivity contribution in [1.82, 2.24) is 9.88 Å². The van der Waals surface area contributed by atoms with Crippen LogP contribution in [0.15, 0.2) is 35.7 Å². The lowest BCUT2D eigenvalue weighted by Gasteiger charge is -2.30. The van der Waals surface area contributed by atoms with E-state index >= 15 is 0 Å². The number of carbonyl (C=O) groups excluding carboxylic acids is 1. The molecule has 2 aromatic rings. The highest BCUT2D eigenvalue weighted by Gasteiger charge is 2.23. The molecule has 1 fully saturated rings. The summed E-state index contributed by atoms with van der Waals surface area (Å²) in [4.78, 5) is 19.6. The summed E-state index contributed by atoms with van der Waals surface area (Å²) in [5.74, 6) is 0.337. The fourth-order valence-corrected chi connectivity index (χ4v) is 4.15. The number of anilines is 1. The molecular formula is C20H30Cl2N4OS. The maximum atomic E-state index is 12.5. The number of aromatic nitrogens is 1. The van der Waals surface area contributed by atoms with Gasteiger partial charge in [0.05, 0.1) is 11.6 Å². The summed E-state index contributed by atoms with van der Waals surface area (Å²) in [5, 5.41) is 5.62. The molecule has 1 aliphatic rings. The van der Waals surface area contributed by atoms with Gasteiger partial charge in [0, 0.05) is 24.5 Å². The fraction of sp³-hybridized carbons (Fsp3) is 0.500. The van der Waals surface area contributed by atoms with Crippen LogP contribution in [0.4, 0.5) is 5.13 Å². The number of benzene rings is 1. The Morgan fingerprint density at radius 3 is 2.75 bits per heavy atom. The number of nitrogens with two attached hydrogens (primary N) is 1. The van der Waals surface area contributed by atoms with Crippen LogP contribution in [-0.4, -0.2) is 28.9 Å². The number of hydrogen-bond acceptors (Lipinski definition) is 5. The van der Waals surface area contributed by atoms with Gasteiger partial charge in [-0.1, -0.05) is 44.2 Å². The number of halogens is 2. The Morgan fingerprint density at radius 2 is 2.07 bits per heavy atom. The van der Waals surface area contributed by atoms with Gasteiger partial charge >= 0.3 is 0 Å². The monoisotopic (exact) mass is 444 g/mol. The molecule has 1 aromatic heterocycles. The Balaban J connectivity index is 0.00000196. The van der Waals surface area contributed by atoms with Gasteiger partial charge in [0.1, 0.15) is 0 Å². The molecule has 0 radical (unpaired) electrons. The van der Waals surface area contributed by atoms with Gasteiger partial charge in [-0.3, -0.25) is 9.69 Å². The molecule has 3 rings (SSSR count). The Bertz CT molecular complexity index is 728. The Labute approximate surface area is 183 Å². The third-order valence-corrected chi connectivity index (χ3v) is 5.85. The summed E-state index contributed by atoms with van der Waals surface area (Å²) < 4.78 is 0. The highest BCUT2D eigenvalue weighted by molar-refractivity contribution is 7.13. The van der Waals surface area contributed by atoms with Crippen molar-refractivity contribution >= 4 is 47.2 Å². The van der Waals surface area contributed by atoms with Crippen molar-refractivity contribution in [3.63, 3.8) is 0 Å². The van der Waals surface area contributed by atoms with Gasteiger partial charge in [-0.15, -0.1) is 36.2 Å². The number of rotatable bonds is 6. The summed E-state index contributed by atoms with van der Waals surface area (Å²) in [7, 11) is 0. The summed E-state index contributed by atoms with van der Waals surface area (Å²) in [6, 6.07) is 9.40. The van der Waals surface area contributed by atoms with Gasteiger partial charge in [0.15, 0.2) is 5.13 Å². The van der Waals surface area contributed by atoms with Gasteiger partial charge in [0.25, 0.3) is 0 Å². The Kier molecular flexibility index (Phi) is 10.4. The molecule has 1 amide bonds. The van der Waals surface area contributed by atoms with Crippen molar-refractivity contribution in [2.45, 2.75) is 39.3 Å². The minimum Gasteiger partial charge on any atom is -0.323 e. The molecule has 0 spiro atoms. The highest BCUT2D eigenvalue weighted by Crippen LogP contribution is 2.24. The van der Waals surface area contributed by atoms with Crippen LogP contribution < -0.4 is 11.1 Å². The topological polar surface area (TPSA) is 71.2 Å². The number of nitrogens with one attached hydrogen (secondary N) is 1. The number of likely N-dealkylation sites (tertiary alicyclic amines) is 1. The second-order valence-electron chi connectivity index (χ2n) is 7.34. The first-order chi connectivity index (χ1) is 12.5. The Hall–Kier alpha value is -1.18. The minimum atomic E-state index is -0.328. The van der Waals surface area contributed by atoms with E-state index in [2.05, 4.69) is 22.1 Å². The average Bonchev–Trinajstić information content (AvgIpc) is 3.08. The predicted molar refractivity (Wildman–Crippen MR) is 121 cm³/mol. The molecule has 156 valence electrons. The van der Waals surface area contributed by atoms with Crippen molar-refractivity contribution in [2.75, 3.05) is 18.4 Å². The lowest BCUT2D eigenvalue weighted by Crippen LogP contribution is -2.33. The molecule has 8 heteroatoms. The third kappa shape index (κ3) is 6.71. The highest BCUT2D eigenvalue weighted by atomic mass is 35.5. The first-order valence-corrected chi connectivity index (χ1v) is 10.2. The molecule has 1 aliphatic heterocycles. The van der Waals surface area contributed by atoms with Crippen LogP contribution in [0.5, 0.6) is 0 Å². The van der Waals surface area contributed by atoms with Crippen LogP contribution in [0.25, 0.3) is 0 Å². The average molecular weight is 445 g/mol. The van der Waals surface area contributed by atoms with Crippen molar-refractivity contribution in [2.24, 2.45) is 17.6 Å². The van der Waals surface area contributed by atoms with E-state index < -0.39 is 0 Å². The van der Waals surface area contributed by atoms with Crippen LogP contribution in [0, 0.1) is 11.8 Å². The standard InChI is InChI=1S/C20H28N4OS.2ClH/c1-14-7-6-10-24(11-14)12-17-13-26-20(22-17)23-19(25)15(2)18(21)16-8-4-3-5-9-16;;/h3-5,8-9,13-15,18H,6-7,10-12,21H2,1-2H3,(H,22,23,25);2*1H. The molecule has 3 atom stereocenters. The number of nitrogens with zero attached hydrogens (tertiary/aromatic N) is 2. The third-order valence-electron chi connectivity index (χ3n) is 5.05. The number of piperidine rings is 1. The van der Waals surface area contributed by atoms with Gasteiger partial charge < -0.3 is 11.1 Å². The van der Waals surface area contributed by atoms with Crippen LogP contribution in [0.2, 0.25) is 0 Å². The van der Waals surface area contributed by atoms with Gasteiger partial charge in [-0.2, -0.15) is 0 Å². The Morgan fingerprint density at radius 1 is 1.36 bits per heavy atom.